The molecule has 0 aliphatic rings. The summed E-state index contributed by atoms with van der Waals surface area (Å²) >= 11 is 0. The molecule has 0 radical (unpaired) electrons. The zero-order valence-electron chi connectivity index (χ0n) is 16.0. The SMILES string of the molecule is Cc1c(C(=O)OCC(=O)NC(=O)NCC(C)C)oc2c1ccc1ccccc12. The molecule has 1 aromatic heterocycles. The first-order valence-electron chi connectivity index (χ1n) is 9.02. The Labute approximate surface area is 162 Å². The van der Waals surface area contributed by atoms with Gasteiger partial charge in [-0.05, 0) is 18.2 Å². The normalized spacial score (nSPS) is 11.0. The second kappa shape index (κ2) is 8.12. The molecule has 7 heteroatoms. The Balaban J connectivity index is 1.68. The van der Waals surface area contributed by atoms with Crippen molar-refractivity contribution in [2.24, 2.45) is 5.92 Å². The predicted octanol–water partition coefficient (Wildman–Crippen LogP) is 3.53. The molecule has 0 fully saturated rings. The monoisotopic (exact) mass is 382 g/mol. The summed E-state index contributed by atoms with van der Waals surface area (Å²) in [6, 6.07) is 10.9. The average Bonchev–Trinajstić information content (AvgIpc) is 3.01. The fraction of sp³-hybridized carbons (Fsp3) is 0.286. The Kier molecular flexibility index (Phi) is 5.63. The third-order valence-electron chi connectivity index (χ3n) is 4.27. The van der Waals surface area contributed by atoms with Crippen LogP contribution in [0.4, 0.5) is 4.79 Å². The van der Waals surface area contributed by atoms with Crippen molar-refractivity contribution in [3.8, 4) is 0 Å². The van der Waals surface area contributed by atoms with E-state index in [-0.39, 0.29) is 11.7 Å². The number of imide groups is 1. The Morgan fingerprint density at radius 3 is 2.57 bits per heavy atom. The minimum absolute atomic E-state index is 0.0448. The summed E-state index contributed by atoms with van der Waals surface area (Å²) in [5.74, 6) is -1.17. The van der Waals surface area contributed by atoms with E-state index in [0.717, 1.165) is 16.2 Å². The molecule has 0 atom stereocenters. The van der Waals surface area contributed by atoms with Crippen LogP contribution in [-0.4, -0.2) is 31.1 Å². The molecule has 3 rings (SSSR count). The van der Waals surface area contributed by atoms with Gasteiger partial charge in [0, 0.05) is 22.9 Å². The van der Waals surface area contributed by atoms with Crippen LogP contribution in [0.2, 0.25) is 0 Å². The summed E-state index contributed by atoms with van der Waals surface area (Å²) in [6.45, 7) is 5.48. The van der Waals surface area contributed by atoms with Crippen molar-refractivity contribution in [3.05, 3.63) is 47.7 Å². The van der Waals surface area contributed by atoms with Crippen molar-refractivity contribution in [2.45, 2.75) is 20.8 Å². The van der Waals surface area contributed by atoms with Gasteiger partial charge in [0.25, 0.3) is 5.91 Å². The van der Waals surface area contributed by atoms with Gasteiger partial charge in [0.05, 0.1) is 0 Å². The molecule has 1 heterocycles. The van der Waals surface area contributed by atoms with Crippen molar-refractivity contribution in [1.82, 2.24) is 10.6 Å². The summed E-state index contributed by atoms with van der Waals surface area (Å²) in [5, 5.41) is 7.35. The summed E-state index contributed by atoms with van der Waals surface area (Å²) in [7, 11) is 0. The first kappa shape index (κ1) is 19.4. The van der Waals surface area contributed by atoms with Crippen molar-refractivity contribution in [2.75, 3.05) is 13.2 Å². The molecule has 0 aliphatic heterocycles. The molecule has 2 aromatic carbocycles. The molecule has 0 saturated carbocycles. The zero-order chi connectivity index (χ0) is 20.3. The maximum absolute atomic E-state index is 12.4. The molecule has 146 valence electrons. The van der Waals surface area contributed by atoms with Crippen molar-refractivity contribution in [3.63, 3.8) is 0 Å². The van der Waals surface area contributed by atoms with E-state index in [2.05, 4.69) is 10.6 Å². The Hall–Kier alpha value is -3.35. The van der Waals surface area contributed by atoms with Crippen LogP contribution >= 0.6 is 0 Å². The summed E-state index contributed by atoms with van der Waals surface area (Å²) in [6.07, 6.45) is 0. The van der Waals surface area contributed by atoms with Crippen LogP contribution in [0.5, 0.6) is 0 Å². The van der Waals surface area contributed by atoms with E-state index < -0.39 is 24.5 Å². The smallest absolute Gasteiger partial charge is 0.375 e. The van der Waals surface area contributed by atoms with Crippen LogP contribution in [0.15, 0.2) is 40.8 Å². The lowest BCUT2D eigenvalue weighted by molar-refractivity contribution is -0.123. The van der Waals surface area contributed by atoms with Gasteiger partial charge in [-0.1, -0.05) is 50.2 Å². The van der Waals surface area contributed by atoms with E-state index in [1.165, 1.54) is 0 Å². The number of benzene rings is 2. The van der Waals surface area contributed by atoms with Gasteiger partial charge >= 0.3 is 12.0 Å². The molecule has 0 aliphatic carbocycles. The number of carbonyl (C=O) groups excluding carboxylic acids is 3. The molecule has 3 aromatic rings. The second-order valence-corrected chi connectivity index (χ2v) is 6.95. The van der Waals surface area contributed by atoms with Crippen molar-refractivity contribution in [1.29, 1.82) is 0 Å². The molecule has 7 nitrogen and oxygen atoms in total. The van der Waals surface area contributed by atoms with Gasteiger partial charge in [-0.15, -0.1) is 0 Å². The molecule has 28 heavy (non-hydrogen) atoms. The number of fused-ring (bicyclic) bond motifs is 3. The number of esters is 1. The highest BCUT2D eigenvalue weighted by Crippen LogP contribution is 2.31. The van der Waals surface area contributed by atoms with Crippen molar-refractivity contribution >= 4 is 39.6 Å². The highest BCUT2D eigenvalue weighted by molar-refractivity contribution is 6.08. The minimum atomic E-state index is -0.754. The largest absolute Gasteiger partial charge is 0.450 e. The topological polar surface area (TPSA) is 97.6 Å². The second-order valence-electron chi connectivity index (χ2n) is 6.95. The van der Waals surface area contributed by atoms with Crippen LogP contribution in [0.1, 0.15) is 30.0 Å². The van der Waals surface area contributed by atoms with E-state index in [0.29, 0.717) is 17.7 Å². The lowest BCUT2D eigenvalue weighted by Gasteiger charge is -2.08. The molecule has 0 bridgehead atoms. The minimum Gasteiger partial charge on any atom is -0.450 e. The fourth-order valence-electron chi connectivity index (χ4n) is 2.84. The number of hydrogen-bond donors (Lipinski definition) is 2. The zero-order valence-corrected chi connectivity index (χ0v) is 16.0. The van der Waals surface area contributed by atoms with Crippen molar-refractivity contribution < 1.29 is 23.5 Å². The Bertz CT molecular complexity index is 1050. The van der Waals surface area contributed by atoms with E-state index >= 15 is 0 Å². The fourth-order valence-corrected chi connectivity index (χ4v) is 2.84. The number of urea groups is 1. The van der Waals surface area contributed by atoms with Gasteiger partial charge < -0.3 is 14.5 Å². The number of carbonyl (C=O) groups is 3. The summed E-state index contributed by atoms with van der Waals surface area (Å²) in [4.78, 5) is 35.7. The third kappa shape index (κ3) is 4.14. The lowest BCUT2D eigenvalue weighted by Crippen LogP contribution is -2.42. The Morgan fingerprint density at radius 1 is 1.07 bits per heavy atom. The molecular formula is C21H22N2O5. The predicted molar refractivity (Wildman–Crippen MR) is 105 cm³/mol. The molecule has 0 spiro atoms. The van der Waals surface area contributed by atoms with Gasteiger partial charge in [0.15, 0.2) is 6.61 Å². The maximum Gasteiger partial charge on any atom is 0.375 e. The number of rotatable bonds is 5. The van der Waals surface area contributed by atoms with Crippen LogP contribution in [0.25, 0.3) is 21.7 Å². The Morgan fingerprint density at radius 2 is 1.82 bits per heavy atom. The number of furan rings is 1. The van der Waals surface area contributed by atoms with E-state index in [9.17, 15) is 14.4 Å². The number of hydrogen-bond acceptors (Lipinski definition) is 5. The van der Waals surface area contributed by atoms with Crippen LogP contribution in [-0.2, 0) is 9.53 Å². The molecule has 0 unspecified atom stereocenters. The van der Waals surface area contributed by atoms with E-state index in [1.54, 1.807) is 6.92 Å². The van der Waals surface area contributed by atoms with Crippen LogP contribution < -0.4 is 10.6 Å². The van der Waals surface area contributed by atoms with Crippen LogP contribution in [0.3, 0.4) is 0 Å². The van der Waals surface area contributed by atoms with Crippen LogP contribution in [0, 0.1) is 12.8 Å². The number of nitrogens with one attached hydrogen (secondary N) is 2. The molecule has 3 amide bonds. The van der Waals surface area contributed by atoms with E-state index in [4.69, 9.17) is 9.15 Å². The summed E-state index contributed by atoms with van der Waals surface area (Å²) < 4.78 is 10.8. The first-order chi connectivity index (χ1) is 13.4. The summed E-state index contributed by atoms with van der Waals surface area (Å²) in [5.41, 5.74) is 1.24. The van der Waals surface area contributed by atoms with E-state index in [1.807, 2.05) is 50.2 Å². The lowest BCUT2D eigenvalue weighted by atomic mass is 10.1. The number of amides is 3. The molecule has 2 N–H and O–H groups in total. The third-order valence-corrected chi connectivity index (χ3v) is 4.27. The first-order valence-corrected chi connectivity index (χ1v) is 9.02. The van der Waals surface area contributed by atoms with Gasteiger partial charge in [0.1, 0.15) is 5.58 Å². The highest BCUT2D eigenvalue weighted by atomic mass is 16.5. The quantitative estimate of drug-likeness (QED) is 0.658. The molecular weight excluding hydrogens is 360 g/mol. The van der Waals surface area contributed by atoms with Gasteiger partial charge in [-0.3, -0.25) is 10.1 Å². The number of aryl methyl sites for hydroxylation is 1. The van der Waals surface area contributed by atoms with Gasteiger partial charge in [-0.2, -0.15) is 0 Å². The average molecular weight is 382 g/mol. The highest BCUT2D eigenvalue weighted by Gasteiger charge is 2.21. The van der Waals surface area contributed by atoms with Gasteiger partial charge in [-0.25, -0.2) is 9.59 Å². The maximum atomic E-state index is 12.4. The molecule has 0 saturated heterocycles. The van der Waals surface area contributed by atoms with Gasteiger partial charge in [0.2, 0.25) is 5.76 Å². The standard InChI is InChI=1S/C21H22N2O5/c1-12(2)10-22-21(26)23-17(24)11-27-20(25)18-13(3)15-9-8-14-6-4-5-7-16(14)19(15)28-18/h4-9,12H,10-11H2,1-3H3,(H2,22,23,24,26). The number of ether oxygens (including phenoxy) is 1.